The molecular weight excluding hydrogens is 294 g/mol. The minimum Gasteiger partial charge on any atom is -0.476 e. The molecule has 6 nitrogen and oxygen atoms in total. The summed E-state index contributed by atoms with van der Waals surface area (Å²) in [6.45, 7) is 1.45. The van der Waals surface area contributed by atoms with Crippen LogP contribution in [-0.2, 0) is 13.1 Å². The molecule has 1 amide bonds. The molecule has 3 rings (SSSR count). The third-order valence-corrected chi connectivity index (χ3v) is 3.63. The van der Waals surface area contributed by atoms with Crippen molar-refractivity contribution in [3.05, 3.63) is 52.3 Å². The van der Waals surface area contributed by atoms with Crippen molar-refractivity contribution in [3.8, 4) is 0 Å². The number of aromatic carboxylic acids is 1. The van der Waals surface area contributed by atoms with Gasteiger partial charge in [-0.15, -0.1) is 0 Å². The van der Waals surface area contributed by atoms with Gasteiger partial charge in [0.25, 0.3) is 5.91 Å². The molecular formula is C14H12ClN3O3. The van der Waals surface area contributed by atoms with Gasteiger partial charge in [-0.25, -0.2) is 4.79 Å². The topological polar surface area (TPSA) is 75.4 Å². The summed E-state index contributed by atoms with van der Waals surface area (Å²) in [4.78, 5) is 25.0. The predicted octanol–water partition coefficient (Wildman–Crippen LogP) is 1.89. The Morgan fingerprint density at radius 3 is 2.67 bits per heavy atom. The lowest BCUT2D eigenvalue weighted by Gasteiger charge is -2.27. The zero-order valence-corrected chi connectivity index (χ0v) is 11.7. The number of hydrogen-bond acceptors (Lipinski definition) is 3. The van der Waals surface area contributed by atoms with Gasteiger partial charge in [0.2, 0.25) is 0 Å². The van der Waals surface area contributed by atoms with E-state index in [2.05, 4.69) is 5.10 Å². The van der Waals surface area contributed by atoms with Crippen molar-refractivity contribution >= 4 is 23.5 Å². The van der Waals surface area contributed by atoms with Crippen molar-refractivity contribution in [2.24, 2.45) is 0 Å². The predicted molar refractivity (Wildman–Crippen MR) is 75.4 cm³/mol. The summed E-state index contributed by atoms with van der Waals surface area (Å²) in [5, 5.41) is 13.5. The third-order valence-electron chi connectivity index (χ3n) is 3.37. The van der Waals surface area contributed by atoms with Gasteiger partial charge in [-0.3, -0.25) is 9.48 Å². The number of rotatable bonds is 3. The average molecular weight is 306 g/mol. The first kappa shape index (κ1) is 13.6. The summed E-state index contributed by atoms with van der Waals surface area (Å²) in [7, 11) is 0. The Bertz CT molecular complexity index is 709. The highest BCUT2D eigenvalue weighted by atomic mass is 35.5. The van der Waals surface area contributed by atoms with Crippen LogP contribution < -0.4 is 0 Å². The van der Waals surface area contributed by atoms with Gasteiger partial charge >= 0.3 is 5.97 Å². The van der Waals surface area contributed by atoms with Crippen LogP contribution in [0.15, 0.2) is 30.3 Å². The van der Waals surface area contributed by atoms with Crippen LogP contribution >= 0.6 is 11.6 Å². The maximum absolute atomic E-state index is 12.4. The van der Waals surface area contributed by atoms with E-state index in [9.17, 15) is 9.59 Å². The van der Waals surface area contributed by atoms with Gasteiger partial charge in [-0.1, -0.05) is 23.7 Å². The van der Waals surface area contributed by atoms with E-state index in [0.717, 1.165) is 5.56 Å². The molecule has 0 saturated carbocycles. The Morgan fingerprint density at radius 1 is 1.29 bits per heavy atom. The number of carboxylic acid groups (broad SMARTS) is 1. The lowest BCUT2D eigenvalue weighted by Crippen LogP contribution is -2.39. The monoisotopic (exact) mass is 305 g/mol. The summed E-state index contributed by atoms with van der Waals surface area (Å²) >= 11 is 5.83. The molecule has 1 aliphatic heterocycles. The fourth-order valence-corrected chi connectivity index (χ4v) is 2.43. The van der Waals surface area contributed by atoms with Crippen molar-refractivity contribution in [3.63, 3.8) is 0 Å². The van der Waals surface area contributed by atoms with Crippen LogP contribution in [0.25, 0.3) is 0 Å². The molecule has 0 radical (unpaired) electrons. The lowest BCUT2D eigenvalue weighted by molar-refractivity contribution is 0.0671. The van der Waals surface area contributed by atoms with E-state index in [4.69, 9.17) is 16.7 Å². The Labute approximate surface area is 125 Å². The zero-order valence-electron chi connectivity index (χ0n) is 11.0. The Morgan fingerprint density at radius 2 is 2.00 bits per heavy atom. The maximum Gasteiger partial charge on any atom is 0.356 e. The SMILES string of the molecule is O=C(O)c1cc2n(n1)CCN(Cc1ccc(Cl)cc1)C2=O. The lowest BCUT2D eigenvalue weighted by atomic mass is 10.2. The van der Waals surface area contributed by atoms with Crippen molar-refractivity contribution in [2.45, 2.75) is 13.1 Å². The molecule has 0 fully saturated rings. The highest BCUT2D eigenvalue weighted by Crippen LogP contribution is 2.17. The fourth-order valence-electron chi connectivity index (χ4n) is 2.30. The van der Waals surface area contributed by atoms with Gasteiger partial charge in [-0.2, -0.15) is 5.10 Å². The quantitative estimate of drug-likeness (QED) is 0.939. The maximum atomic E-state index is 12.4. The Kier molecular flexibility index (Phi) is 3.39. The van der Waals surface area contributed by atoms with Crippen LogP contribution in [0.4, 0.5) is 0 Å². The van der Waals surface area contributed by atoms with E-state index in [-0.39, 0.29) is 11.6 Å². The second-order valence-corrected chi connectivity index (χ2v) is 5.23. The van der Waals surface area contributed by atoms with Crippen molar-refractivity contribution in [1.29, 1.82) is 0 Å². The van der Waals surface area contributed by atoms with Crippen LogP contribution in [-0.4, -0.2) is 38.2 Å². The van der Waals surface area contributed by atoms with Crippen molar-refractivity contribution in [2.75, 3.05) is 6.54 Å². The van der Waals surface area contributed by atoms with E-state index < -0.39 is 5.97 Å². The van der Waals surface area contributed by atoms with E-state index in [1.807, 2.05) is 12.1 Å². The molecule has 2 aromatic rings. The summed E-state index contributed by atoms with van der Waals surface area (Å²) in [5.41, 5.74) is 1.18. The average Bonchev–Trinajstić information content (AvgIpc) is 2.89. The Hall–Kier alpha value is -2.34. The minimum atomic E-state index is -1.13. The fraction of sp³-hybridized carbons (Fsp3) is 0.214. The van der Waals surface area contributed by atoms with Gasteiger partial charge in [0, 0.05) is 24.2 Å². The molecule has 1 aromatic carbocycles. The number of benzene rings is 1. The normalized spacial score (nSPS) is 14.1. The summed E-state index contributed by atoms with van der Waals surface area (Å²) < 4.78 is 1.45. The second kappa shape index (κ2) is 5.21. The largest absolute Gasteiger partial charge is 0.476 e. The van der Waals surface area contributed by atoms with E-state index >= 15 is 0 Å². The highest BCUT2D eigenvalue weighted by Gasteiger charge is 2.27. The van der Waals surface area contributed by atoms with Gasteiger partial charge in [0.1, 0.15) is 5.69 Å². The molecule has 1 aromatic heterocycles. The smallest absolute Gasteiger partial charge is 0.356 e. The molecule has 0 atom stereocenters. The van der Waals surface area contributed by atoms with Crippen molar-refractivity contribution in [1.82, 2.24) is 14.7 Å². The van der Waals surface area contributed by atoms with Crippen LogP contribution in [0.2, 0.25) is 5.02 Å². The van der Waals surface area contributed by atoms with Gasteiger partial charge < -0.3 is 10.0 Å². The van der Waals surface area contributed by atoms with Crippen molar-refractivity contribution < 1.29 is 14.7 Å². The number of carbonyl (C=O) groups excluding carboxylic acids is 1. The molecule has 0 saturated heterocycles. The standard InChI is InChI=1S/C14H12ClN3O3/c15-10-3-1-9(2-4-10)8-17-5-6-18-12(13(17)19)7-11(16-18)14(20)21/h1-4,7H,5-6,8H2,(H,20,21). The summed E-state index contributed by atoms with van der Waals surface area (Å²) in [6.07, 6.45) is 0. The number of hydrogen-bond donors (Lipinski definition) is 1. The van der Waals surface area contributed by atoms with E-state index in [1.54, 1.807) is 17.0 Å². The molecule has 1 aliphatic rings. The number of fused-ring (bicyclic) bond motifs is 1. The van der Waals surface area contributed by atoms with Crippen LogP contribution in [0, 0.1) is 0 Å². The molecule has 0 spiro atoms. The van der Waals surface area contributed by atoms with E-state index in [1.165, 1.54) is 10.7 Å². The molecule has 108 valence electrons. The summed E-state index contributed by atoms with van der Waals surface area (Å²) in [6, 6.07) is 8.60. The van der Waals surface area contributed by atoms with E-state index in [0.29, 0.717) is 30.4 Å². The highest BCUT2D eigenvalue weighted by molar-refractivity contribution is 6.30. The van der Waals surface area contributed by atoms with Gasteiger partial charge in [-0.05, 0) is 17.7 Å². The molecule has 0 bridgehead atoms. The molecule has 0 unspecified atom stereocenters. The molecule has 7 heteroatoms. The van der Waals surface area contributed by atoms with Crippen LogP contribution in [0.3, 0.4) is 0 Å². The third kappa shape index (κ3) is 2.62. The zero-order chi connectivity index (χ0) is 15.0. The second-order valence-electron chi connectivity index (χ2n) is 4.80. The number of halogens is 1. The molecule has 1 N–H and O–H groups in total. The first-order chi connectivity index (χ1) is 10.0. The van der Waals surface area contributed by atoms with Crippen LogP contribution in [0.1, 0.15) is 26.5 Å². The molecule has 21 heavy (non-hydrogen) atoms. The molecule has 2 heterocycles. The Balaban J connectivity index is 1.81. The number of aromatic nitrogens is 2. The summed E-state index contributed by atoms with van der Waals surface area (Å²) in [5.74, 6) is -1.34. The number of nitrogens with zero attached hydrogens (tertiary/aromatic N) is 3. The molecule has 0 aliphatic carbocycles. The number of carbonyl (C=O) groups is 2. The van der Waals surface area contributed by atoms with Gasteiger partial charge in [0.15, 0.2) is 5.69 Å². The first-order valence-electron chi connectivity index (χ1n) is 6.39. The minimum absolute atomic E-state index is 0.105. The number of amides is 1. The number of carboxylic acids is 1. The van der Waals surface area contributed by atoms with Gasteiger partial charge in [0.05, 0.1) is 6.54 Å². The van der Waals surface area contributed by atoms with Crippen LogP contribution in [0.5, 0.6) is 0 Å². The first-order valence-corrected chi connectivity index (χ1v) is 6.77.